The molecule has 1 atom stereocenters. The van der Waals surface area contributed by atoms with E-state index in [2.05, 4.69) is 12.2 Å². The Balaban J connectivity index is 1.74. The quantitative estimate of drug-likeness (QED) is 0.807. The molecule has 2 fully saturated rings. The molecule has 0 aliphatic heterocycles. The molecule has 0 unspecified atom stereocenters. The molecule has 0 aromatic rings. The standard InChI is InChI=1S/C15H28N2O/c1-11(13-4-2-3-5-13)17-15(18)14-8-6-12(10-16)7-9-14/h11-14H,2-10,16H2,1H3,(H,17,18)/t11-,12?,14?/m0/s1. The highest BCUT2D eigenvalue weighted by Gasteiger charge is 2.28. The SMILES string of the molecule is C[C@H](NC(=O)C1CCC(CN)CC1)C1CCCC1. The zero-order valence-electron chi connectivity index (χ0n) is 11.7. The summed E-state index contributed by atoms with van der Waals surface area (Å²) in [4.78, 5) is 12.2. The van der Waals surface area contributed by atoms with Gasteiger partial charge in [0.15, 0.2) is 0 Å². The molecule has 3 heteroatoms. The Kier molecular flexibility index (Phi) is 5.04. The molecule has 0 spiro atoms. The van der Waals surface area contributed by atoms with Crippen molar-refractivity contribution in [1.82, 2.24) is 5.32 Å². The van der Waals surface area contributed by atoms with Crippen LogP contribution in [0, 0.1) is 17.8 Å². The molecule has 0 saturated heterocycles. The number of rotatable bonds is 4. The molecule has 0 heterocycles. The van der Waals surface area contributed by atoms with E-state index in [0.717, 1.165) is 32.2 Å². The highest BCUT2D eigenvalue weighted by atomic mass is 16.1. The number of carbonyl (C=O) groups excluding carboxylic acids is 1. The van der Waals surface area contributed by atoms with E-state index < -0.39 is 0 Å². The molecule has 2 rings (SSSR count). The molecule has 2 aliphatic carbocycles. The zero-order chi connectivity index (χ0) is 13.0. The molecule has 0 bridgehead atoms. The second-order valence-corrected chi connectivity index (χ2v) is 6.30. The smallest absolute Gasteiger partial charge is 0.223 e. The van der Waals surface area contributed by atoms with E-state index in [1.165, 1.54) is 25.7 Å². The first-order valence-electron chi connectivity index (χ1n) is 7.71. The number of amides is 1. The van der Waals surface area contributed by atoms with E-state index in [4.69, 9.17) is 5.73 Å². The molecule has 0 aromatic heterocycles. The molecule has 1 amide bonds. The summed E-state index contributed by atoms with van der Waals surface area (Å²) in [5.41, 5.74) is 5.69. The lowest BCUT2D eigenvalue weighted by Gasteiger charge is -2.29. The van der Waals surface area contributed by atoms with Gasteiger partial charge in [-0.05, 0) is 63.8 Å². The lowest BCUT2D eigenvalue weighted by atomic mass is 9.81. The Bertz CT molecular complexity index is 266. The van der Waals surface area contributed by atoms with Crippen LogP contribution in [0.4, 0.5) is 0 Å². The van der Waals surface area contributed by atoms with Crippen molar-refractivity contribution in [2.24, 2.45) is 23.5 Å². The molecular weight excluding hydrogens is 224 g/mol. The Morgan fingerprint density at radius 1 is 1.17 bits per heavy atom. The lowest BCUT2D eigenvalue weighted by molar-refractivity contribution is -0.127. The topological polar surface area (TPSA) is 55.1 Å². The summed E-state index contributed by atoms with van der Waals surface area (Å²) in [5.74, 6) is 1.91. The van der Waals surface area contributed by atoms with E-state index in [-0.39, 0.29) is 5.92 Å². The minimum atomic E-state index is 0.247. The lowest BCUT2D eigenvalue weighted by Crippen LogP contribution is -2.42. The van der Waals surface area contributed by atoms with Gasteiger partial charge in [-0.1, -0.05) is 12.8 Å². The monoisotopic (exact) mass is 252 g/mol. The first-order valence-corrected chi connectivity index (χ1v) is 7.71. The second-order valence-electron chi connectivity index (χ2n) is 6.30. The Labute approximate surface area is 111 Å². The zero-order valence-corrected chi connectivity index (χ0v) is 11.7. The van der Waals surface area contributed by atoms with Crippen LogP contribution in [0.3, 0.4) is 0 Å². The van der Waals surface area contributed by atoms with Crippen LogP contribution in [-0.2, 0) is 4.79 Å². The van der Waals surface area contributed by atoms with Crippen LogP contribution >= 0.6 is 0 Å². The van der Waals surface area contributed by atoms with Crippen molar-refractivity contribution in [3.05, 3.63) is 0 Å². The number of hydrogen-bond donors (Lipinski definition) is 2. The Morgan fingerprint density at radius 3 is 2.33 bits per heavy atom. The third-order valence-corrected chi connectivity index (χ3v) is 5.03. The van der Waals surface area contributed by atoms with Crippen molar-refractivity contribution in [1.29, 1.82) is 0 Å². The van der Waals surface area contributed by atoms with Crippen LogP contribution in [0.2, 0.25) is 0 Å². The number of carbonyl (C=O) groups is 1. The third-order valence-electron chi connectivity index (χ3n) is 5.03. The van der Waals surface area contributed by atoms with E-state index in [1.807, 2.05) is 0 Å². The Morgan fingerprint density at radius 2 is 1.78 bits per heavy atom. The van der Waals surface area contributed by atoms with Gasteiger partial charge in [-0.3, -0.25) is 4.79 Å². The van der Waals surface area contributed by atoms with Gasteiger partial charge in [0.05, 0.1) is 0 Å². The van der Waals surface area contributed by atoms with Crippen molar-refractivity contribution < 1.29 is 4.79 Å². The minimum absolute atomic E-state index is 0.247. The van der Waals surface area contributed by atoms with Gasteiger partial charge in [0.25, 0.3) is 0 Å². The van der Waals surface area contributed by atoms with Gasteiger partial charge in [0.1, 0.15) is 0 Å². The van der Waals surface area contributed by atoms with E-state index >= 15 is 0 Å². The van der Waals surface area contributed by atoms with Gasteiger partial charge in [-0.2, -0.15) is 0 Å². The van der Waals surface area contributed by atoms with Gasteiger partial charge in [0, 0.05) is 12.0 Å². The van der Waals surface area contributed by atoms with Crippen molar-refractivity contribution in [2.45, 2.75) is 64.3 Å². The number of nitrogens with one attached hydrogen (secondary N) is 1. The molecule has 3 nitrogen and oxygen atoms in total. The van der Waals surface area contributed by atoms with Crippen LogP contribution in [0.1, 0.15) is 58.3 Å². The highest BCUT2D eigenvalue weighted by Crippen LogP contribution is 2.30. The average molecular weight is 252 g/mol. The van der Waals surface area contributed by atoms with Gasteiger partial charge in [0.2, 0.25) is 5.91 Å². The first-order chi connectivity index (χ1) is 8.70. The predicted molar refractivity (Wildman–Crippen MR) is 74.1 cm³/mol. The van der Waals surface area contributed by atoms with Crippen molar-refractivity contribution in [2.75, 3.05) is 6.54 Å². The maximum atomic E-state index is 12.2. The van der Waals surface area contributed by atoms with Crippen molar-refractivity contribution >= 4 is 5.91 Å². The third kappa shape index (κ3) is 3.47. The van der Waals surface area contributed by atoms with Gasteiger partial charge >= 0.3 is 0 Å². The summed E-state index contributed by atoms with van der Waals surface area (Å²) in [6, 6.07) is 0.368. The minimum Gasteiger partial charge on any atom is -0.353 e. The molecule has 0 aromatic carbocycles. The largest absolute Gasteiger partial charge is 0.353 e. The summed E-state index contributed by atoms with van der Waals surface area (Å²) >= 11 is 0. The summed E-state index contributed by atoms with van der Waals surface area (Å²) in [6.07, 6.45) is 9.59. The van der Waals surface area contributed by atoms with Crippen LogP contribution in [-0.4, -0.2) is 18.5 Å². The molecule has 2 saturated carbocycles. The predicted octanol–water partition coefficient (Wildman–Crippen LogP) is 2.45. The first kappa shape index (κ1) is 13.9. The molecule has 3 N–H and O–H groups in total. The van der Waals surface area contributed by atoms with Crippen molar-refractivity contribution in [3.63, 3.8) is 0 Å². The molecule has 104 valence electrons. The average Bonchev–Trinajstić information content (AvgIpc) is 2.92. The second kappa shape index (κ2) is 6.55. The van der Waals surface area contributed by atoms with Gasteiger partial charge < -0.3 is 11.1 Å². The van der Waals surface area contributed by atoms with E-state index in [1.54, 1.807) is 0 Å². The summed E-state index contributed by atoms with van der Waals surface area (Å²) in [7, 11) is 0. The molecular formula is C15H28N2O. The fraction of sp³-hybridized carbons (Fsp3) is 0.933. The molecule has 18 heavy (non-hydrogen) atoms. The normalized spacial score (nSPS) is 31.2. The molecule has 0 radical (unpaired) electrons. The fourth-order valence-electron chi connectivity index (χ4n) is 3.58. The van der Waals surface area contributed by atoms with Crippen LogP contribution in [0.15, 0.2) is 0 Å². The fourth-order valence-corrected chi connectivity index (χ4v) is 3.58. The van der Waals surface area contributed by atoms with Crippen molar-refractivity contribution in [3.8, 4) is 0 Å². The van der Waals surface area contributed by atoms with Gasteiger partial charge in [-0.25, -0.2) is 0 Å². The molecule has 2 aliphatic rings. The Hall–Kier alpha value is -0.570. The van der Waals surface area contributed by atoms with E-state index in [0.29, 0.717) is 23.8 Å². The maximum absolute atomic E-state index is 12.2. The summed E-state index contributed by atoms with van der Waals surface area (Å²) < 4.78 is 0. The maximum Gasteiger partial charge on any atom is 0.223 e. The summed E-state index contributed by atoms with van der Waals surface area (Å²) in [5, 5.41) is 3.25. The number of nitrogens with two attached hydrogens (primary N) is 1. The number of hydrogen-bond acceptors (Lipinski definition) is 2. The highest BCUT2D eigenvalue weighted by molar-refractivity contribution is 5.79. The van der Waals surface area contributed by atoms with E-state index in [9.17, 15) is 4.79 Å². The van der Waals surface area contributed by atoms with Crippen LogP contribution in [0.25, 0.3) is 0 Å². The summed E-state index contributed by atoms with van der Waals surface area (Å²) in [6.45, 7) is 2.96. The van der Waals surface area contributed by atoms with Gasteiger partial charge in [-0.15, -0.1) is 0 Å². The van der Waals surface area contributed by atoms with Crippen LogP contribution in [0.5, 0.6) is 0 Å². The van der Waals surface area contributed by atoms with Crippen LogP contribution < -0.4 is 11.1 Å².